The van der Waals surface area contributed by atoms with Crippen LogP contribution in [0.2, 0.25) is 5.02 Å². The molecule has 0 saturated carbocycles. The van der Waals surface area contributed by atoms with Crippen LogP contribution in [0, 0.1) is 12.7 Å². The highest BCUT2D eigenvalue weighted by Gasteiger charge is 2.26. The number of hydrogen-bond donors (Lipinski definition) is 1. The Hall–Kier alpha value is -2.19. The van der Waals surface area contributed by atoms with Crippen LogP contribution in [0.25, 0.3) is 0 Å². The lowest BCUT2D eigenvalue weighted by Crippen LogP contribution is -2.53. The van der Waals surface area contributed by atoms with Gasteiger partial charge < -0.3 is 15.1 Å². The van der Waals surface area contributed by atoms with Crippen LogP contribution in [-0.4, -0.2) is 52.9 Å². The van der Waals surface area contributed by atoms with Crippen molar-refractivity contribution < 1.29 is 14.0 Å². The fourth-order valence-electron chi connectivity index (χ4n) is 2.69. The average molecular weight is 397 g/mol. The Morgan fingerprint density at radius 2 is 1.96 bits per heavy atom. The Labute approximate surface area is 159 Å². The van der Waals surface area contributed by atoms with Crippen molar-refractivity contribution in [2.24, 2.45) is 0 Å². The third-order valence-corrected chi connectivity index (χ3v) is 5.30. The number of nitrogens with one attached hydrogen (secondary N) is 1. The molecular formula is C17H18ClFN4O2S. The molecule has 0 aliphatic carbocycles. The molecule has 138 valence electrons. The molecule has 0 bridgehead atoms. The van der Waals surface area contributed by atoms with Crippen LogP contribution < -0.4 is 5.32 Å². The zero-order valence-corrected chi connectivity index (χ0v) is 15.7. The molecule has 26 heavy (non-hydrogen) atoms. The number of thiazole rings is 1. The van der Waals surface area contributed by atoms with Gasteiger partial charge in [-0.05, 0) is 25.1 Å². The Morgan fingerprint density at radius 3 is 2.58 bits per heavy atom. The molecule has 3 amide bonds. The van der Waals surface area contributed by atoms with E-state index in [0.717, 1.165) is 16.0 Å². The van der Waals surface area contributed by atoms with Crippen molar-refractivity contribution in [1.82, 2.24) is 20.1 Å². The van der Waals surface area contributed by atoms with Crippen LogP contribution in [0.1, 0.15) is 20.2 Å². The number of carbonyl (C=O) groups is 2. The van der Waals surface area contributed by atoms with Gasteiger partial charge in [-0.2, -0.15) is 0 Å². The van der Waals surface area contributed by atoms with Crippen LogP contribution in [0.5, 0.6) is 0 Å². The molecule has 9 heteroatoms. The summed E-state index contributed by atoms with van der Waals surface area (Å²) in [5.74, 6) is -0.739. The molecule has 2 aromatic rings. The maximum Gasteiger partial charge on any atom is 0.317 e. The van der Waals surface area contributed by atoms with E-state index in [-0.39, 0.29) is 22.5 Å². The number of hydrogen-bond acceptors (Lipinski definition) is 4. The van der Waals surface area contributed by atoms with Gasteiger partial charge in [-0.15, -0.1) is 11.3 Å². The van der Waals surface area contributed by atoms with E-state index in [9.17, 15) is 14.0 Å². The minimum Gasteiger partial charge on any atom is -0.335 e. The molecule has 1 N–H and O–H groups in total. The zero-order valence-electron chi connectivity index (χ0n) is 14.2. The van der Waals surface area contributed by atoms with Gasteiger partial charge in [0.1, 0.15) is 10.8 Å². The van der Waals surface area contributed by atoms with Crippen LogP contribution in [0.15, 0.2) is 24.4 Å². The lowest BCUT2D eigenvalue weighted by atomic mass is 10.1. The number of aryl methyl sites for hydroxylation is 1. The molecule has 1 aliphatic rings. The Balaban J connectivity index is 1.51. The molecule has 1 fully saturated rings. The number of halogens is 2. The molecule has 6 nitrogen and oxygen atoms in total. The smallest absolute Gasteiger partial charge is 0.317 e. The second kappa shape index (κ2) is 8.01. The van der Waals surface area contributed by atoms with E-state index in [2.05, 4.69) is 10.3 Å². The molecule has 0 radical (unpaired) electrons. The minimum atomic E-state index is -0.483. The summed E-state index contributed by atoms with van der Waals surface area (Å²) in [5, 5.41) is 3.79. The van der Waals surface area contributed by atoms with E-state index in [1.807, 2.05) is 6.92 Å². The summed E-state index contributed by atoms with van der Waals surface area (Å²) < 4.78 is 13.1. The summed E-state index contributed by atoms with van der Waals surface area (Å²) in [6.45, 7) is 4.00. The number of rotatable bonds is 3. The third-order valence-electron chi connectivity index (χ3n) is 4.08. The molecule has 1 aliphatic heterocycles. The molecule has 1 aromatic carbocycles. The van der Waals surface area contributed by atoms with Crippen LogP contribution in [0.3, 0.4) is 0 Å². The van der Waals surface area contributed by atoms with Gasteiger partial charge in [-0.25, -0.2) is 14.2 Å². The molecule has 1 saturated heterocycles. The van der Waals surface area contributed by atoms with Gasteiger partial charge in [0.2, 0.25) is 0 Å². The summed E-state index contributed by atoms with van der Waals surface area (Å²) in [5.41, 5.74) is 0.269. The highest BCUT2D eigenvalue weighted by Crippen LogP contribution is 2.20. The van der Waals surface area contributed by atoms with Crippen molar-refractivity contribution in [3.8, 4) is 0 Å². The van der Waals surface area contributed by atoms with Crippen molar-refractivity contribution in [3.63, 3.8) is 0 Å². The van der Waals surface area contributed by atoms with E-state index >= 15 is 0 Å². The largest absolute Gasteiger partial charge is 0.335 e. The van der Waals surface area contributed by atoms with E-state index in [4.69, 9.17) is 11.6 Å². The van der Waals surface area contributed by atoms with Crippen molar-refractivity contribution in [1.29, 1.82) is 0 Å². The van der Waals surface area contributed by atoms with E-state index in [1.54, 1.807) is 27.3 Å². The Kier molecular flexibility index (Phi) is 5.73. The lowest BCUT2D eigenvalue weighted by molar-refractivity contribution is 0.0665. The van der Waals surface area contributed by atoms with Crippen molar-refractivity contribution >= 4 is 34.9 Å². The molecule has 3 rings (SSSR count). The molecule has 0 atom stereocenters. The predicted molar refractivity (Wildman–Crippen MR) is 98.0 cm³/mol. The number of piperazine rings is 1. The number of aromatic nitrogens is 1. The average Bonchev–Trinajstić information content (AvgIpc) is 3.04. The molecule has 1 aromatic heterocycles. The fraction of sp³-hybridized carbons (Fsp3) is 0.353. The standard InChI is InChI=1S/C17H18ClFN4O2S/c1-11-9-20-15(26-11)10-21-17(25)23-6-4-22(5-7-23)16(24)13-3-2-12(19)8-14(13)18/h2-3,8-9H,4-7,10H2,1H3,(H,21,25). The highest BCUT2D eigenvalue weighted by atomic mass is 35.5. The normalized spacial score (nSPS) is 14.4. The van der Waals surface area contributed by atoms with Gasteiger partial charge in [0.25, 0.3) is 5.91 Å². The van der Waals surface area contributed by atoms with Crippen LogP contribution in [0.4, 0.5) is 9.18 Å². The van der Waals surface area contributed by atoms with Crippen molar-refractivity contribution in [2.75, 3.05) is 26.2 Å². The first-order chi connectivity index (χ1) is 12.4. The van der Waals surface area contributed by atoms with Crippen molar-refractivity contribution in [2.45, 2.75) is 13.5 Å². The summed E-state index contributed by atoms with van der Waals surface area (Å²) in [6.07, 6.45) is 1.77. The monoisotopic (exact) mass is 396 g/mol. The SMILES string of the molecule is Cc1cnc(CNC(=O)N2CCN(C(=O)c3ccc(F)cc3Cl)CC2)s1. The second-order valence-corrected chi connectivity index (χ2v) is 7.65. The van der Waals surface area contributed by atoms with Gasteiger partial charge in [-0.3, -0.25) is 4.79 Å². The third kappa shape index (κ3) is 4.31. The zero-order chi connectivity index (χ0) is 18.7. The highest BCUT2D eigenvalue weighted by molar-refractivity contribution is 7.11. The van der Waals surface area contributed by atoms with Gasteiger partial charge >= 0.3 is 6.03 Å². The maximum absolute atomic E-state index is 13.1. The summed E-state index contributed by atoms with van der Waals surface area (Å²) >= 11 is 7.50. The molecule has 0 unspecified atom stereocenters. The van der Waals surface area contributed by atoms with Crippen LogP contribution >= 0.6 is 22.9 Å². The first-order valence-electron chi connectivity index (χ1n) is 8.12. The Morgan fingerprint density at radius 1 is 1.27 bits per heavy atom. The maximum atomic E-state index is 13.1. The van der Waals surface area contributed by atoms with Gasteiger partial charge in [0, 0.05) is 37.3 Å². The number of carbonyl (C=O) groups excluding carboxylic acids is 2. The number of nitrogens with zero attached hydrogens (tertiary/aromatic N) is 3. The van der Waals surface area contributed by atoms with E-state index in [1.165, 1.54) is 12.1 Å². The molecule has 0 spiro atoms. The quantitative estimate of drug-likeness (QED) is 0.867. The van der Waals surface area contributed by atoms with Gasteiger partial charge in [-0.1, -0.05) is 11.6 Å². The van der Waals surface area contributed by atoms with E-state index < -0.39 is 5.82 Å². The summed E-state index contributed by atoms with van der Waals surface area (Å²) in [7, 11) is 0. The Bertz CT molecular complexity index is 821. The molecule has 2 heterocycles. The van der Waals surface area contributed by atoms with E-state index in [0.29, 0.717) is 32.7 Å². The summed E-state index contributed by atoms with van der Waals surface area (Å²) in [6, 6.07) is 3.54. The summed E-state index contributed by atoms with van der Waals surface area (Å²) in [4.78, 5) is 33.3. The van der Waals surface area contributed by atoms with Gasteiger partial charge in [0.05, 0.1) is 17.1 Å². The van der Waals surface area contributed by atoms with Gasteiger partial charge in [0.15, 0.2) is 0 Å². The van der Waals surface area contributed by atoms with Crippen molar-refractivity contribution in [3.05, 3.63) is 50.7 Å². The first-order valence-corrected chi connectivity index (χ1v) is 9.32. The fourth-order valence-corrected chi connectivity index (χ4v) is 3.67. The first kappa shape index (κ1) is 18.6. The predicted octanol–water partition coefficient (Wildman–Crippen LogP) is 2.91. The molecular weight excluding hydrogens is 379 g/mol. The van der Waals surface area contributed by atoms with Crippen LogP contribution in [-0.2, 0) is 6.54 Å². The lowest BCUT2D eigenvalue weighted by Gasteiger charge is -2.34. The number of urea groups is 1. The topological polar surface area (TPSA) is 65.5 Å². The minimum absolute atomic E-state index is 0.0916. The number of amides is 3. The second-order valence-electron chi connectivity index (χ2n) is 5.93. The number of benzene rings is 1.